The van der Waals surface area contributed by atoms with Crippen molar-refractivity contribution in [1.82, 2.24) is 0 Å². The molecule has 1 aromatic carbocycles. The molecule has 1 unspecified atom stereocenters. The van der Waals surface area contributed by atoms with E-state index >= 15 is 0 Å². The van der Waals surface area contributed by atoms with Crippen LogP contribution in [-0.2, 0) is 6.42 Å². The van der Waals surface area contributed by atoms with Crippen molar-refractivity contribution in [3.63, 3.8) is 0 Å². The smallest absolute Gasteiger partial charge is 0.126 e. The SMILES string of the molecule is C=C(C)/C(=C/C)N=CC.C=CC(C)C.CC.CCC[C@@H]1CC(C)C[C@@H]1CC.CCc1ccc(F)c(C)c1. The number of nitrogens with zero attached hydrogens (tertiary/aromatic N) is 1. The lowest BCUT2D eigenvalue weighted by Crippen LogP contribution is -2.05. The molecule has 3 atom stereocenters. The van der Waals surface area contributed by atoms with E-state index in [1.54, 1.807) is 13.1 Å². The van der Waals surface area contributed by atoms with Gasteiger partial charge >= 0.3 is 0 Å². The predicted octanol–water partition coefficient (Wildman–Crippen LogP) is 12.0. The first-order valence-corrected chi connectivity index (χ1v) is 14.7. The second-order valence-corrected chi connectivity index (χ2v) is 10.1. The number of benzene rings is 1. The average molecular weight is 516 g/mol. The van der Waals surface area contributed by atoms with Crippen molar-refractivity contribution in [3.05, 3.63) is 71.7 Å². The van der Waals surface area contributed by atoms with Crippen LogP contribution in [0.2, 0.25) is 0 Å². The van der Waals surface area contributed by atoms with E-state index in [0.717, 1.165) is 41.0 Å². The summed E-state index contributed by atoms with van der Waals surface area (Å²) in [6, 6.07) is 5.23. The third-order valence-electron chi connectivity index (χ3n) is 6.34. The van der Waals surface area contributed by atoms with Gasteiger partial charge in [0.2, 0.25) is 0 Å². The molecular weight excluding hydrogens is 453 g/mol. The van der Waals surface area contributed by atoms with Gasteiger partial charge in [-0.1, -0.05) is 106 Å². The number of aryl methyl sites for hydroxylation is 2. The summed E-state index contributed by atoms with van der Waals surface area (Å²) in [5, 5.41) is 0. The molecule has 1 aliphatic rings. The molecule has 0 aliphatic heterocycles. The minimum atomic E-state index is -0.114. The first-order valence-electron chi connectivity index (χ1n) is 14.7. The Labute approximate surface area is 232 Å². The Kier molecular flexibility index (Phi) is 27.5. The maximum Gasteiger partial charge on any atom is 0.126 e. The quantitative estimate of drug-likeness (QED) is 0.194. The summed E-state index contributed by atoms with van der Waals surface area (Å²) in [5.74, 6) is 3.67. The highest BCUT2D eigenvalue weighted by atomic mass is 19.1. The molecule has 214 valence electrons. The van der Waals surface area contributed by atoms with Gasteiger partial charge in [-0.2, -0.15) is 0 Å². The van der Waals surface area contributed by atoms with Crippen LogP contribution in [0.3, 0.4) is 0 Å². The van der Waals surface area contributed by atoms with E-state index in [9.17, 15) is 4.39 Å². The van der Waals surface area contributed by atoms with Gasteiger partial charge in [-0.3, -0.25) is 4.99 Å². The molecule has 0 aromatic heterocycles. The van der Waals surface area contributed by atoms with Crippen LogP contribution in [0.25, 0.3) is 0 Å². The number of hydrogen-bond acceptors (Lipinski definition) is 1. The van der Waals surface area contributed by atoms with Gasteiger partial charge in [0.15, 0.2) is 0 Å². The molecule has 0 spiro atoms. The highest BCUT2D eigenvalue weighted by molar-refractivity contribution is 5.56. The van der Waals surface area contributed by atoms with E-state index in [-0.39, 0.29) is 5.82 Å². The van der Waals surface area contributed by atoms with Crippen LogP contribution >= 0.6 is 0 Å². The molecule has 1 aliphatic carbocycles. The molecule has 0 saturated heterocycles. The van der Waals surface area contributed by atoms with Gasteiger partial charge in [0, 0.05) is 6.21 Å². The summed E-state index contributed by atoms with van der Waals surface area (Å²) in [5.41, 5.74) is 3.91. The van der Waals surface area contributed by atoms with E-state index in [2.05, 4.69) is 59.7 Å². The summed E-state index contributed by atoms with van der Waals surface area (Å²) < 4.78 is 12.6. The van der Waals surface area contributed by atoms with E-state index in [1.807, 2.05) is 58.9 Å². The first-order chi connectivity index (χ1) is 17.5. The molecule has 1 fully saturated rings. The monoisotopic (exact) mass is 515 g/mol. The number of allylic oxidation sites excluding steroid dienone is 3. The van der Waals surface area contributed by atoms with Crippen LogP contribution in [0.1, 0.15) is 119 Å². The highest BCUT2D eigenvalue weighted by Gasteiger charge is 2.29. The minimum absolute atomic E-state index is 0.114. The van der Waals surface area contributed by atoms with Crippen LogP contribution in [-0.4, -0.2) is 6.21 Å². The highest BCUT2D eigenvalue weighted by Crippen LogP contribution is 2.40. The van der Waals surface area contributed by atoms with Gasteiger partial charge in [0.05, 0.1) is 5.70 Å². The molecule has 1 aromatic rings. The third-order valence-corrected chi connectivity index (χ3v) is 6.34. The lowest BCUT2D eigenvalue weighted by molar-refractivity contribution is 0.352. The topological polar surface area (TPSA) is 12.4 Å². The van der Waals surface area contributed by atoms with E-state index < -0.39 is 0 Å². The molecule has 1 nitrogen and oxygen atoms in total. The molecule has 0 N–H and O–H groups in total. The Morgan fingerprint density at radius 3 is 1.97 bits per heavy atom. The standard InChI is InChI=1S/C11H22.C9H11F.C8H13N.C5H10.C2H6/c1-4-6-11-8-9(3)7-10(11)5-2;1-3-8-4-5-9(10)7(2)6-8;1-5-8(7(3)4)9-6-2;1-4-5(2)3;1-2/h9-11H,4-8H2,1-3H3;4-6H,3H2,1-2H3;5-6H,3H2,1-2,4H3;4-5H,1H2,2-3H3;1-2H3/b;;8-5-,9-6?;;/t9?,10-,11+;;;;/m0..../s1. The van der Waals surface area contributed by atoms with Crippen molar-refractivity contribution < 1.29 is 4.39 Å². The predicted molar refractivity (Wildman–Crippen MR) is 170 cm³/mol. The first kappa shape index (κ1) is 39.6. The van der Waals surface area contributed by atoms with E-state index in [1.165, 1.54) is 43.7 Å². The summed E-state index contributed by atoms with van der Waals surface area (Å²) >= 11 is 0. The van der Waals surface area contributed by atoms with Gasteiger partial charge in [-0.05, 0) is 93.4 Å². The number of hydrogen-bond donors (Lipinski definition) is 0. The molecular formula is C35H62FN. The van der Waals surface area contributed by atoms with Crippen LogP contribution < -0.4 is 0 Å². The fourth-order valence-corrected chi connectivity index (χ4v) is 4.24. The normalized spacial score (nSPS) is 18.3. The lowest BCUT2D eigenvalue weighted by atomic mass is 9.90. The summed E-state index contributed by atoms with van der Waals surface area (Å²) in [6.07, 6.45) is 13.9. The molecule has 2 heteroatoms. The minimum Gasteiger partial charge on any atom is -0.262 e. The fraction of sp³-hybridized carbons (Fsp3) is 0.629. The second-order valence-electron chi connectivity index (χ2n) is 10.1. The van der Waals surface area contributed by atoms with Crippen LogP contribution in [0, 0.1) is 36.4 Å². The van der Waals surface area contributed by atoms with Gasteiger partial charge in [0.1, 0.15) is 5.82 Å². The van der Waals surface area contributed by atoms with Gasteiger partial charge < -0.3 is 0 Å². The number of halogens is 1. The largest absolute Gasteiger partial charge is 0.262 e. The molecule has 0 bridgehead atoms. The maximum atomic E-state index is 12.6. The zero-order valence-corrected chi connectivity index (χ0v) is 26.8. The third kappa shape index (κ3) is 20.7. The van der Waals surface area contributed by atoms with Crippen molar-refractivity contribution in [2.24, 2.45) is 28.7 Å². The second kappa shape index (κ2) is 25.7. The van der Waals surface area contributed by atoms with Crippen LogP contribution in [0.4, 0.5) is 4.39 Å². The molecule has 1 saturated carbocycles. The van der Waals surface area contributed by atoms with Gasteiger partial charge in [-0.25, -0.2) is 4.39 Å². The number of aliphatic imine (C=N–C) groups is 1. The average Bonchev–Trinajstić information content (AvgIpc) is 3.25. The molecule has 0 radical (unpaired) electrons. The zero-order valence-electron chi connectivity index (χ0n) is 26.8. The van der Waals surface area contributed by atoms with Crippen LogP contribution in [0.5, 0.6) is 0 Å². The maximum absolute atomic E-state index is 12.6. The van der Waals surface area contributed by atoms with Crippen molar-refractivity contribution in [2.45, 2.75) is 122 Å². The van der Waals surface area contributed by atoms with Crippen molar-refractivity contribution in [1.29, 1.82) is 0 Å². The summed E-state index contributed by atoms with van der Waals surface area (Å²) in [6.45, 7) is 32.3. The van der Waals surface area contributed by atoms with E-state index in [0.29, 0.717) is 5.92 Å². The molecule has 0 heterocycles. The Balaban J connectivity index is -0.000000419. The summed E-state index contributed by atoms with van der Waals surface area (Å²) in [7, 11) is 0. The molecule has 37 heavy (non-hydrogen) atoms. The summed E-state index contributed by atoms with van der Waals surface area (Å²) in [4.78, 5) is 4.08. The van der Waals surface area contributed by atoms with Gasteiger partial charge in [-0.15, -0.1) is 6.58 Å². The van der Waals surface area contributed by atoms with E-state index in [4.69, 9.17) is 0 Å². The molecule has 0 amide bonds. The lowest BCUT2D eigenvalue weighted by Gasteiger charge is -2.16. The van der Waals surface area contributed by atoms with Crippen molar-refractivity contribution in [3.8, 4) is 0 Å². The number of rotatable bonds is 7. The Hall–Kier alpha value is -1.96. The zero-order chi connectivity index (χ0) is 29.4. The van der Waals surface area contributed by atoms with Gasteiger partial charge in [0.25, 0.3) is 0 Å². The Morgan fingerprint density at radius 2 is 1.65 bits per heavy atom. The Bertz CT molecular complexity index is 757. The van der Waals surface area contributed by atoms with Crippen LogP contribution in [0.15, 0.2) is 59.8 Å². The van der Waals surface area contributed by atoms with Crippen molar-refractivity contribution in [2.75, 3.05) is 0 Å². The molecule has 2 rings (SSSR count). The Morgan fingerprint density at radius 1 is 1.11 bits per heavy atom. The fourth-order valence-electron chi connectivity index (χ4n) is 4.24. The van der Waals surface area contributed by atoms with Crippen molar-refractivity contribution >= 4 is 6.21 Å².